The quantitative estimate of drug-likeness (QED) is 0.700. The van der Waals surface area contributed by atoms with Crippen molar-refractivity contribution in [1.29, 1.82) is 0 Å². The molecule has 3 rings (SSSR count). The molecule has 2 atom stereocenters. The van der Waals surface area contributed by atoms with E-state index in [-0.39, 0.29) is 30.3 Å². The molecular formula is C21H38N4O4. The fraction of sp³-hybridized carbons (Fsp3) is 0.905. The summed E-state index contributed by atoms with van der Waals surface area (Å²) in [6.45, 7) is 13.2. The van der Waals surface area contributed by atoms with Crippen LogP contribution in [0.2, 0.25) is 0 Å². The summed E-state index contributed by atoms with van der Waals surface area (Å²) in [5, 5.41) is 13.1. The van der Waals surface area contributed by atoms with E-state index in [9.17, 15) is 14.7 Å². The lowest BCUT2D eigenvalue weighted by Crippen LogP contribution is -2.56. The predicted molar refractivity (Wildman–Crippen MR) is 111 cm³/mol. The first-order chi connectivity index (χ1) is 13.5. The molecule has 0 radical (unpaired) electrons. The highest BCUT2D eigenvalue weighted by Gasteiger charge is 2.42. The lowest BCUT2D eigenvalue weighted by Gasteiger charge is -2.42. The average Bonchev–Trinajstić information content (AvgIpc) is 3.09. The van der Waals surface area contributed by atoms with Crippen LogP contribution in [0, 0.1) is 0 Å². The van der Waals surface area contributed by atoms with Crippen molar-refractivity contribution in [3.8, 4) is 0 Å². The standard InChI is InChI=1S/C21H38N4O4/c1-20(2,3)25(16-8-10-22-12-16)19(28)29-21(4,5)14-24(18(26)27)17-9-11-23(13-17)15-6-7-15/h15-17,22H,6-14H2,1-5H3,(H,26,27). The average molecular weight is 411 g/mol. The Hall–Kier alpha value is -1.54. The number of rotatable bonds is 6. The lowest BCUT2D eigenvalue weighted by atomic mass is 10.0. The van der Waals surface area contributed by atoms with Gasteiger partial charge in [-0.3, -0.25) is 9.80 Å². The summed E-state index contributed by atoms with van der Waals surface area (Å²) in [6, 6.07) is 0.696. The number of likely N-dealkylation sites (tertiary alicyclic amines) is 1. The summed E-state index contributed by atoms with van der Waals surface area (Å²) >= 11 is 0. The van der Waals surface area contributed by atoms with Gasteiger partial charge in [-0.25, -0.2) is 9.59 Å². The Morgan fingerprint density at radius 3 is 2.31 bits per heavy atom. The van der Waals surface area contributed by atoms with Gasteiger partial charge in [0.25, 0.3) is 0 Å². The minimum Gasteiger partial charge on any atom is -0.465 e. The van der Waals surface area contributed by atoms with E-state index in [2.05, 4.69) is 10.2 Å². The number of carboxylic acid groups (broad SMARTS) is 1. The third kappa shape index (κ3) is 5.54. The van der Waals surface area contributed by atoms with Crippen molar-refractivity contribution < 1.29 is 19.4 Å². The number of amides is 2. The smallest absolute Gasteiger partial charge is 0.411 e. The van der Waals surface area contributed by atoms with Crippen LogP contribution < -0.4 is 5.32 Å². The fourth-order valence-corrected chi connectivity index (χ4v) is 4.71. The van der Waals surface area contributed by atoms with Gasteiger partial charge in [-0.05, 0) is 66.8 Å². The third-order valence-corrected chi connectivity index (χ3v) is 6.18. The maximum atomic E-state index is 13.1. The molecule has 0 aromatic carbocycles. The van der Waals surface area contributed by atoms with Gasteiger partial charge in [0.15, 0.2) is 0 Å². The molecule has 2 saturated heterocycles. The van der Waals surface area contributed by atoms with Crippen LogP contribution in [-0.2, 0) is 4.74 Å². The lowest BCUT2D eigenvalue weighted by molar-refractivity contribution is -0.0313. The molecule has 166 valence electrons. The zero-order valence-electron chi connectivity index (χ0n) is 18.6. The Bertz CT molecular complexity index is 608. The van der Waals surface area contributed by atoms with Crippen molar-refractivity contribution in [2.75, 3.05) is 32.7 Å². The number of hydrogen-bond acceptors (Lipinski definition) is 5. The molecular weight excluding hydrogens is 372 g/mol. The van der Waals surface area contributed by atoms with Crippen LogP contribution in [0.5, 0.6) is 0 Å². The molecule has 2 heterocycles. The van der Waals surface area contributed by atoms with Crippen LogP contribution in [0.15, 0.2) is 0 Å². The van der Waals surface area contributed by atoms with E-state index >= 15 is 0 Å². The molecule has 1 aliphatic carbocycles. The number of carbonyl (C=O) groups is 2. The summed E-state index contributed by atoms with van der Waals surface area (Å²) in [5.41, 5.74) is -1.27. The van der Waals surface area contributed by atoms with Gasteiger partial charge >= 0.3 is 12.2 Å². The minimum absolute atomic E-state index is 0.0381. The van der Waals surface area contributed by atoms with E-state index in [1.807, 2.05) is 39.5 Å². The van der Waals surface area contributed by atoms with E-state index in [1.54, 1.807) is 0 Å². The Labute approximate surface area is 174 Å². The summed E-state index contributed by atoms with van der Waals surface area (Å²) in [4.78, 5) is 30.8. The molecule has 2 amide bonds. The zero-order valence-corrected chi connectivity index (χ0v) is 18.6. The number of nitrogens with one attached hydrogen (secondary N) is 1. The number of ether oxygens (including phenoxy) is 1. The molecule has 0 aromatic heterocycles. The van der Waals surface area contributed by atoms with Gasteiger partial charge in [0, 0.05) is 43.3 Å². The van der Waals surface area contributed by atoms with E-state index in [0.29, 0.717) is 6.04 Å². The summed E-state index contributed by atoms with van der Waals surface area (Å²) < 4.78 is 5.91. The molecule has 2 unspecified atom stereocenters. The van der Waals surface area contributed by atoms with Crippen molar-refractivity contribution in [2.24, 2.45) is 0 Å². The van der Waals surface area contributed by atoms with Gasteiger partial charge < -0.3 is 20.1 Å². The molecule has 1 saturated carbocycles. The molecule has 2 aliphatic heterocycles. The maximum Gasteiger partial charge on any atom is 0.411 e. The molecule has 0 bridgehead atoms. The molecule has 8 heteroatoms. The van der Waals surface area contributed by atoms with Crippen LogP contribution in [0.25, 0.3) is 0 Å². The monoisotopic (exact) mass is 410 g/mol. The second-order valence-electron chi connectivity index (χ2n) is 10.4. The van der Waals surface area contributed by atoms with E-state index in [4.69, 9.17) is 4.74 Å². The van der Waals surface area contributed by atoms with Crippen molar-refractivity contribution in [1.82, 2.24) is 20.0 Å². The number of nitrogens with zero attached hydrogens (tertiary/aromatic N) is 3. The molecule has 0 spiro atoms. The van der Waals surface area contributed by atoms with Crippen LogP contribution in [0.4, 0.5) is 9.59 Å². The van der Waals surface area contributed by atoms with E-state index in [1.165, 1.54) is 17.7 Å². The Balaban J connectivity index is 1.64. The second kappa shape index (κ2) is 8.30. The minimum atomic E-state index is -0.940. The van der Waals surface area contributed by atoms with Crippen LogP contribution in [0.3, 0.4) is 0 Å². The number of carbonyl (C=O) groups excluding carboxylic acids is 1. The SMILES string of the molecule is CC(C)(CN(C(=O)O)C1CCN(C2CC2)C1)OC(=O)N(C1CCNC1)C(C)(C)C. The van der Waals surface area contributed by atoms with Gasteiger partial charge in [-0.2, -0.15) is 0 Å². The first-order valence-electron chi connectivity index (χ1n) is 10.9. The molecule has 3 aliphatic rings. The van der Waals surface area contributed by atoms with Crippen LogP contribution in [0.1, 0.15) is 60.3 Å². The van der Waals surface area contributed by atoms with Crippen LogP contribution >= 0.6 is 0 Å². The van der Waals surface area contributed by atoms with Crippen molar-refractivity contribution in [3.63, 3.8) is 0 Å². The number of hydrogen-bond donors (Lipinski definition) is 2. The highest BCUT2D eigenvalue weighted by Crippen LogP contribution is 2.32. The third-order valence-electron chi connectivity index (χ3n) is 6.18. The van der Waals surface area contributed by atoms with Gasteiger partial charge in [0.1, 0.15) is 5.60 Å². The molecule has 8 nitrogen and oxygen atoms in total. The second-order valence-corrected chi connectivity index (χ2v) is 10.4. The first kappa shape index (κ1) is 22.2. The Kier molecular flexibility index (Phi) is 6.34. The van der Waals surface area contributed by atoms with E-state index in [0.717, 1.165) is 39.0 Å². The normalized spacial score (nSPS) is 25.8. The molecule has 3 fully saturated rings. The highest BCUT2D eigenvalue weighted by atomic mass is 16.6. The van der Waals surface area contributed by atoms with E-state index < -0.39 is 11.7 Å². The fourth-order valence-electron chi connectivity index (χ4n) is 4.71. The van der Waals surface area contributed by atoms with Crippen molar-refractivity contribution in [2.45, 2.75) is 89.6 Å². The van der Waals surface area contributed by atoms with Gasteiger partial charge in [-0.1, -0.05) is 0 Å². The van der Waals surface area contributed by atoms with Gasteiger partial charge in [-0.15, -0.1) is 0 Å². The molecule has 29 heavy (non-hydrogen) atoms. The largest absolute Gasteiger partial charge is 0.465 e. The summed E-state index contributed by atoms with van der Waals surface area (Å²) in [7, 11) is 0. The molecule has 2 N–H and O–H groups in total. The summed E-state index contributed by atoms with van der Waals surface area (Å²) in [5.74, 6) is 0. The van der Waals surface area contributed by atoms with Gasteiger partial charge in [0.2, 0.25) is 0 Å². The first-order valence-corrected chi connectivity index (χ1v) is 10.9. The Morgan fingerprint density at radius 1 is 1.10 bits per heavy atom. The van der Waals surface area contributed by atoms with Crippen molar-refractivity contribution >= 4 is 12.2 Å². The van der Waals surface area contributed by atoms with Crippen molar-refractivity contribution in [3.05, 3.63) is 0 Å². The summed E-state index contributed by atoms with van der Waals surface area (Å²) in [6.07, 6.45) is 2.88. The maximum absolute atomic E-state index is 13.1. The highest BCUT2D eigenvalue weighted by molar-refractivity contribution is 5.70. The molecule has 0 aromatic rings. The topological polar surface area (TPSA) is 85.4 Å². The Morgan fingerprint density at radius 2 is 1.79 bits per heavy atom. The van der Waals surface area contributed by atoms with Gasteiger partial charge in [0.05, 0.1) is 6.54 Å². The predicted octanol–water partition coefficient (Wildman–Crippen LogP) is 2.58. The van der Waals surface area contributed by atoms with Crippen LogP contribution in [-0.4, -0.2) is 94.0 Å². The zero-order chi connectivity index (χ0) is 21.4.